The van der Waals surface area contributed by atoms with Gasteiger partial charge in [0.25, 0.3) is 0 Å². The Hall–Kier alpha value is -4.20. The molecular formula is C26H17Cl2N3O4. The first-order valence-corrected chi connectivity index (χ1v) is 11.1. The number of carbonyl (C=O) groups is 3. The van der Waals surface area contributed by atoms with Crippen molar-refractivity contribution in [2.75, 3.05) is 5.32 Å². The van der Waals surface area contributed by atoms with E-state index in [1.165, 1.54) is 24.4 Å². The maximum atomic E-state index is 12.6. The van der Waals surface area contributed by atoms with Gasteiger partial charge in [0.15, 0.2) is 0 Å². The van der Waals surface area contributed by atoms with Gasteiger partial charge in [0, 0.05) is 5.69 Å². The SMILES string of the molecule is O=C(N/N=C\c1ccc(OC(=O)c2cccc3ccccc23)cc1)C(=O)Nc1ccc(Cl)c(Cl)c1. The Kier molecular flexibility index (Phi) is 7.40. The molecule has 0 aromatic heterocycles. The highest BCUT2D eigenvalue weighted by Gasteiger charge is 2.14. The average Bonchev–Trinajstić information content (AvgIpc) is 2.86. The molecule has 0 fully saturated rings. The number of rotatable bonds is 5. The van der Waals surface area contributed by atoms with Gasteiger partial charge >= 0.3 is 17.8 Å². The molecule has 0 heterocycles. The standard InChI is InChI=1S/C26H17Cl2N3O4/c27-22-13-10-18(14-23(22)28)30-24(32)25(33)31-29-15-16-8-11-19(12-9-16)35-26(34)21-7-3-5-17-4-1-2-6-20(17)21/h1-15H,(H,30,32)(H,31,33)/b29-15-. The summed E-state index contributed by atoms with van der Waals surface area (Å²) in [6.45, 7) is 0. The lowest BCUT2D eigenvalue weighted by atomic mass is 10.0. The van der Waals surface area contributed by atoms with E-state index in [-0.39, 0.29) is 5.02 Å². The van der Waals surface area contributed by atoms with Crippen LogP contribution in [-0.4, -0.2) is 24.0 Å². The normalized spacial score (nSPS) is 10.8. The summed E-state index contributed by atoms with van der Waals surface area (Å²) in [5.41, 5.74) is 3.53. The summed E-state index contributed by atoms with van der Waals surface area (Å²) >= 11 is 11.7. The van der Waals surface area contributed by atoms with Crippen molar-refractivity contribution in [1.82, 2.24) is 5.43 Å². The number of carbonyl (C=O) groups excluding carboxylic acids is 3. The van der Waals surface area contributed by atoms with Crippen LogP contribution < -0.4 is 15.5 Å². The number of nitrogens with zero attached hydrogens (tertiary/aromatic N) is 1. The van der Waals surface area contributed by atoms with Gasteiger partial charge in [-0.1, -0.05) is 59.6 Å². The first-order valence-electron chi connectivity index (χ1n) is 10.3. The third-order valence-electron chi connectivity index (χ3n) is 4.86. The monoisotopic (exact) mass is 505 g/mol. The van der Waals surface area contributed by atoms with Crippen molar-refractivity contribution in [2.24, 2.45) is 5.10 Å². The van der Waals surface area contributed by atoms with Crippen LogP contribution in [0.25, 0.3) is 10.8 Å². The fourth-order valence-corrected chi connectivity index (χ4v) is 3.46. The summed E-state index contributed by atoms with van der Waals surface area (Å²) in [4.78, 5) is 36.6. The molecule has 35 heavy (non-hydrogen) atoms. The molecule has 0 aliphatic rings. The number of hydrogen-bond acceptors (Lipinski definition) is 5. The molecule has 2 N–H and O–H groups in total. The Morgan fingerprint density at radius 1 is 0.800 bits per heavy atom. The molecule has 0 aliphatic carbocycles. The van der Waals surface area contributed by atoms with Crippen LogP contribution in [0.5, 0.6) is 5.75 Å². The maximum Gasteiger partial charge on any atom is 0.344 e. The van der Waals surface area contributed by atoms with Crippen LogP contribution in [-0.2, 0) is 9.59 Å². The van der Waals surface area contributed by atoms with Crippen molar-refractivity contribution in [2.45, 2.75) is 0 Å². The van der Waals surface area contributed by atoms with Crippen LogP contribution in [0.1, 0.15) is 15.9 Å². The van der Waals surface area contributed by atoms with E-state index in [9.17, 15) is 14.4 Å². The zero-order valence-electron chi connectivity index (χ0n) is 18.0. The molecule has 0 saturated heterocycles. The lowest BCUT2D eigenvalue weighted by Gasteiger charge is -2.07. The fraction of sp³-hybridized carbons (Fsp3) is 0. The molecule has 0 saturated carbocycles. The van der Waals surface area contributed by atoms with Crippen molar-refractivity contribution in [3.8, 4) is 5.75 Å². The van der Waals surface area contributed by atoms with Gasteiger partial charge in [-0.15, -0.1) is 0 Å². The number of hydrazone groups is 1. The van der Waals surface area contributed by atoms with Gasteiger partial charge in [0.2, 0.25) is 0 Å². The molecule has 0 radical (unpaired) electrons. The Bertz CT molecular complexity index is 1450. The number of hydrogen-bond donors (Lipinski definition) is 2. The molecule has 2 amide bonds. The van der Waals surface area contributed by atoms with E-state index in [0.29, 0.717) is 27.6 Å². The minimum absolute atomic E-state index is 0.245. The van der Waals surface area contributed by atoms with Crippen LogP contribution in [0.2, 0.25) is 10.0 Å². The number of halogens is 2. The number of nitrogens with one attached hydrogen (secondary N) is 2. The van der Waals surface area contributed by atoms with Crippen LogP contribution in [0, 0.1) is 0 Å². The summed E-state index contributed by atoms with van der Waals surface area (Å²) in [5.74, 6) is -2.00. The second-order valence-electron chi connectivity index (χ2n) is 7.27. The van der Waals surface area contributed by atoms with Gasteiger partial charge in [-0.2, -0.15) is 5.10 Å². The zero-order valence-corrected chi connectivity index (χ0v) is 19.5. The quantitative estimate of drug-likeness (QED) is 0.124. The highest BCUT2D eigenvalue weighted by atomic mass is 35.5. The zero-order chi connectivity index (χ0) is 24.8. The van der Waals surface area contributed by atoms with Crippen molar-refractivity contribution in [3.05, 3.63) is 106 Å². The molecule has 0 atom stereocenters. The van der Waals surface area contributed by atoms with E-state index in [1.807, 2.05) is 30.3 Å². The van der Waals surface area contributed by atoms with Crippen molar-refractivity contribution in [1.29, 1.82) is 0 Å². The molecule has 4 rings (SSSR count). The highest BCUT2D eigenvalue weighted by Crippen LogP contribution is 2.25. The fourth-order valence-electron chi connectivity index (χ4n) is 3.17. The van der Waals surface area contributed by atoms with Crippen LogP contribution in [0.15, 0.2) is 90.0 Å². The van der Waals surface area contributed by atoms with Gasteiger partial charge < -0.3 is 10.1 Å². The predicted octanol–water partition coefficient (Wildman–Crippen LogP) is 5.45. The molecule has 0 spiro atoms. The summed E-state index contributed by atoms with van der Waals surface area (Å²) in [7, 11) is 0. The minimum Gasteiger partial charge on any atom is -0.423 e. The summed E-state index contributed by atoms with van der Waals surface area (Å²) in [6.07, 6.45) is 1.35. The number of ether oxygens (including phenoxy) is 1. The van der Waals surface area contributed by atoms with E-state index < -0.39 is 17.8 Å². The van der Waals surface area contributed by atoms with Gasteiger partial charge in [-0.25, -0.2) is 10.2 Å². The highest BCUT2D eigenvalue weighted by molar-refractivity contribution is 6.43. The predicted molar refractivity (Wildman–Crippen MR) is 136 cm³/mol. The van der Waals surface area contributed by atoms with Crippen LogP contribution in [0.4, 0.5) is 5.69 Å². The summed E-state index contributed by atoms with van der Waals surface area (Å²) in [5, 5.41) is 8.49. The first-order chi connectivity index (χ1) is 16.9. The van der Waals surface area contributed by atoms with Crippen molar-refractivity contribution >= 4 is 63.7 Å². The molecule has 174 valence electrons. The van der Waals surface area contributed by atoms with Gasteiger partial charge in [0.05, 0.1) is 21.8 Å². The third-order valence-corrected chi connectivity index (χ3v) is 5.60. The number of anilines is 1. The number of amides is 2. The molecule has 7 nitrogen and oxygen atoms in total. The molecular weight excluding hydrogens is 489 g/mol. The van der Waals surface area contributed by atoms with Crippen molar-refractivity contribution < 1.29 is 19.1 Å². The summed E-state index contributed by atoms with van der Waals surface area (Å²) in [6, 6.07) is 23.9. The molecule has 4 aromatic rings. The molecule has 4 aromatic carbocycles. The minimum atomic E-state index is -0.965. The van der Waals surface area contributed by atoms with Crippen LogP contribution in [0.3, 0.4) is 0 Å². The second-order valence-corrected chi connectivity index (χ2v) is 8.08. The molecule has 0 unspecified atom stereocenters. The largest absolute Gasteiger partial charge is 0.423 e. The molecule has 0 bridgehead atoms. The topological polar surface area (TPSA) is 96.9 Å². The first kappa shape index (κ1) is 23.9. The van der Waals surface area contributed by atoms with Gasteiger partial charge in [0.1, 0.15) is 5.75 Å². The van der Waals surface area contributed by atoms with E-state index in [2.05, 4.69) is 15.8 Å². The Labute approximate surface area is 210 Å². The molecule has 9 heteroatoms. The van der Waals surface area contributed by atoms with E-state index in [4.69, 9.17) is 27.9 Å². The number of esters is 1. The number of fused-ring (bicyclic) bond motifs is 1. The Morgan fingerprint density at radius 3 is 2.31 bits per heavy atom. The smallest absolute Gasteiger partial charge is 0.344 e. The second kappa shape index (κ2) is 10.8. The Balaban J connectivity index is 1.32. The Morgan fingerprint density at radius 2 is 1.54 bits per heavy atom. The molecule has 0 aliphatic heterocycles. The maximum absolute atomic E-state index is 12.6. The van der Waals surface area contributed by atoms with E-state index in [1.54, 1.807) is 36.4 Å². The average molecular weight is 506 g/mol. The van der Waals surface area contributed by atoms with Gasteiger partial charge in [-0.05, 0) is 64.9 Å². The van der Waals surface area contributed by atoms with Crippen LogP contribution >= 0.6 is 23.2 Å². The lowest BCUT2D eigenvalue weighted by Crippen LogP contribution is -2.32. The third kappa shape index (κ3) is 6.03. The van der Waals surface area contributed by atoms with Crippen molar-refractivity contribution in [3.63, 3.8) is 0 Å². The summed E-state index contributed by atoms with van der Waals surface area (Å²) < 4.78 is 5.49. The van der Waals surface area contributed by atoms with E-state index in [0.717, 1.165) is 10.8 Å². The van der Waals surface area contributed by atoms with Gasteiger partial charge in [-0.3, -0.25) is 9.59 Å². The lowest BCUT2D eigenvalue weighted by molar-refractivity contribution is -0.136. The number of benzene rings is 4. The van der Waals surface area contributed by atoms with E-state index >= 15 is 0 Å².